The van der Waals surface area contributed by atoms with Crippen molar-refractivity contribution in [1.82, 2.24) is 4.90 Å². The summed E-state index contributed by atoms with van der Waals surface area (Å²) in [5, 5.41) is 0. The number of carbonyl (C=O) groups is 1. The van der Waals surface area contributed by atoms with Gasteiger partial charge in [0.25, 0.3) is 0 Å². The number of benzene rings is 1. The van der Waals surface area contributed by atoms with Crippen LogP contribution in [0.5, 0.6) is 5.75 Å². The molecule has 0 aromatic heterocycles. The van der Waals surface area contributed by atoms with Gasteiger partial charge in [0.1, 0.15) is 5.75 Å². The Kier molecular flexibility index (Phi) is 4.16. The molecule has 0 saturated carbocycles. The average molecular weight is 207 g/mol. The fourth-order valence-electron chi connectivity index (χ4n) is 1.19. The molecular weight excluding hydrogens is 190 g/mol. The molecule has 0 fully saturated rings. The predicted molar refractivity (Wildman–Crippen MR) is 60.0 cm³/mol. The van der Waals surface area contributed by atoms with Crippen molar-refractivity contribution in [1.29, 1.82) is 0 Å². The summed E-state index contributed by atoms with van der Waals surface area (Å²) in [6.07, 6.45) is 0.418. The van der Waals surface area contributed by atoms with Crippen molar-refractivity contribution in [3.8, 4) is 5.75 Å². The maximum atomic E-state index is 11.3. The first-order valence-electron chi connectivity index (χ1n) is 5.00. The Morgan fingerprint density at radius 2 is 2.00 bits per heavy atom. The number of amides is 1. The molecule has 0 saturated heterocycles. The van der Waals surface area contributed by atoms with Gasteiger partial charge in [0, 0.05) is 14.1 Å². The number of hydrogen-bond acceptors (Lipinski definition) is 2. The van der Waals surface area contributed by atoms with E-state index in [1.165, 1.54) is 0 Å². The Labute approximate surface area is 90.7 Å². The van der Waals surface area contributed by atoms with E-state index in [4.69, 9.17) is 4.74 Å². The van der Waals surface area contributed by atoms with Gasteiger partial charge in [0.15, 0.2) is 0 Å². The van der Waals surface area contributed by atoms with E-state index in [-0.39, 0.29) is 5.91 Å². The van der Waals surface area contributed by atoms with E-state index in [0.29, 0.717) is 13.0 Å². The lowest BCUT2D eigenvalue weighted by Crippen LogP contribution is -2.23. The van der Waals surface area contributed by atoms with Gasteiger partial charge >= 0.3 is 0 Å². The Morgan fingerprint density at radius 3 is 2.60 bits per heavy atom. The molecule has 0 heterocycles. The molecule has 0 aliphatic rings. The number of para-hydroxylation sites is 1. The molecule has 1 aromatic rings. The van der Waals surface area contributed by atoms with Crippen molar-refractivity contribution in [2.75, 3.05) is 20.7 Å². The summed E-state index contributed by atoms with van der Waals surface area (Å²) in [4.78, 5) is 12.8. The Bertz CT molecular complexity index is 334. The van der Waals surface area contributed by atoms with Gasteiger partial charge in [-0.1, -0.05) is 18.2 Å². The fourth-order valence-corrected chi connectivity index (χ4v) is 1.19. The lowest BCUT2D eigenvalue weighted by molar-refractivity contribution is -0.129. The molecule has 0 spiro atoms. The van der Waals surface area contributed by atoms with Crippen LogP contribution in [0.4, 0.5) is 0 Å². The number of carbonyl (C=O) groups excluding carboxylic acids is 1. The zero-order valence-corrected chi connectivity index (χ0v) is 9.49. The molecule has 3 heteroatoms. The highest BCUT2D eigenvalue weighted by molar-refractivity contribution is 5.75. The van der Waals surface area contributed by atoms with Gasteiger partial charge in [-0.2, -0.15) is 0 Å². The van der Waals surface area contributed by atoms with Crippen molar-refractivity contribution < 1.29 is 9.53 Å². The van der Waals surface area contributed by atoms with Gasteiger partial charge in [-0.3, -0.25) is 4.79 Å². The summed E-state index contributed by atoms with van der Waals surface area (Å²) >= 11 is 0. The molecule has 1 amide bonds. The molecule has 1 aromatic carbocycles. The molecule has 0 aliphatic heterocycles. The van der Waals surface area contributed by atoms with Crippen LogP contribution in [0.2, 0.25) is 0 Å². The number of aryl methyl sites for hydroxylation is 1. The second-order valence-corrected chi connectivity index (χ2v) is 3.65. The zero-order chi connectivity index (χ0) is 11.3. The van der Waals surface area contributed by atoms with Gasteiger partial charge in [0.05, 0.1) is 13.0 Å². The quantitative estimate of drug-likeness (QED) is 0.754. The fraction of sp³-hybridized carbons (Fsp3) is 0.417. The second-order valence-electron chi connectivity index (χ2n) is 3.65. The molecule has 1 rings (SSSR count). The van der Waals surface area contributed by atoms with E-state index in [9.17, 15) is 4.79 Å². The van der Waals surface area contributed by atoms with E-state index in [0.717, 1.165) is 11.3 Å². The first kappa shape index (κ1) is 11.6. The van der Waals surface area contributed by atoms with Crippen LogP contribution in [-0.4, -0.2) is 31.5 Å². The third kappa shape index (κ3) is 3.62. The van der Waals surface area contributed by atoms with E-state index < -0.39 is 0 Å². The van der Waals surface area contributed by atoms with E-state index >= 15 is 0 Å². The van der Waals surface area contributed by atoms with Crippen LogP contribution in [0, 0.1) is 6.92 Å². The molecule has 0 bridgehead atoms. The van der Waals surface area contributed by atoms with Crippen LogP contribution in [0.1, 0.15) is 12.0 Å². The van der Waals surface area contributed by atoms with Crippen LogP contribution >= 0.6 is 0 Å². The summed E-state index contributed by atoms with van der Waals surface area (Å²) in [5.74, 6) is 0.938. The van der Waals surface area contributed by atoms with E-state index in [1.807, 2.05) is 31.2 Å². The third-order valence-electron chi connectivity index (χ3n) is 2.17. The molecule has 0 aliphatic carbocycles. The van der Waals surface area contributed by atoms with Crippen LogP contribution in [0.25, 0.3) is 0 Å². The van der Waals surface area contributed by atoms with Crippen molar-refractivity contribution in [2.45, 2.75) is 13.3 Å². The summed E-state index contributed by atoms with van der Waals surface area (Å²) in [7, 11) is 3.49. The summed E-state index contributed by atoms with van der Waals surface area (Å²) in [6.45, 7) is 2.42. The first-order chi connectivity index (χ1) is 7.11. The Morgan fingerprint density at radius 1 is 1.33 bits per heavy atom. The molecule has 0 radical (unpaired) electrons. The van der Waals surface area contributed by atoms with Crippen molar-refractivity contribution in [3.05, 3.63) is 29.8 Å². The molecule has 0 unspecified atom stereocenters. The largest absolute Gasteiger partial charge is 0.493 e. The Hall–Kier alpha value is -1.51. The van der Waals surface area contributed by atoms with Crippen LogP contribution in [0.3, 0.4) is 0 Å². The topological polar surface area (TPSA) is 29.5 Å². The highest BCUT2D eigenvalue weighted by Crippen LogP contribution is 2.16. The van der Waals surface area contributed by atoms with Gasteiger partial charge in [0.2, 0.25) is 5.91 Å². The number of ether oxygens (including phenoxy) is 1. The number of nitrogens with zero attached hydrogens (tertiary/aromatic N) is 1. The highest BCUT2D eigenvalue weighted by atomic mass is 16.5. The van der Waals surface area contributed by atoms with Gasteiger partial charge < -0.3 is 9.64 Å². The molecule has 3 nitrogen and oxygen atoms in total. The van der Waals surface area contributed by atoms with Gasteiger partial charge in [-0.05, 0) is 18.6 Å². The zero-order valence-electron chi connectivity index (χ0n) is 9.49. The molecule has 0 atom stereocenters. The SMILES string of the molecule is Cc1ccccc1OCCC(=O)N(C)C. The highest BCUT2D eigenvalue weighted by Gasteiger charge is 2.04. The monoisotopic (exact) mass is 207 g/mol. The number of rotatable bonds is 4. The first-order valence-corrected chi connectivity index (χ1v) is 5.00. The van der Waals surface area contributed by atoms with Gasteiger partial charge in [-0.15, -0.1) is 0 Å². The minimum absolute atomic E-state index is 0.0867. The van der Waals surface area contributed by atoms with Crippen molar-refractivity contribution in [3.63, 3.8) is 0 Å². The minimum atomic E-state index is 0.0867. The molecule has 82 valence electrons. The summed E-state index contributed by atoms with van der Waals surface area (Å²) < 4.78 is 5.51. The van der Waals surface area contributed by atoms with E-state index in [2.05, 4.69) is 0 Å². The second kappa shape index (κ2) is 5.39. The lowest BCUT2D eigenvalue weighted by Gasteiger charge is -2.11. The molecular formula is C12H17NO2. The standard InChI is InChI=1S/C12H17NO2/c1-10-6-4-5-7-11(10)15-9-8-12(14)13(2)3/h4-7H,8-9H2,1-3H3. The molecule has 15 heavy (non-hydrogen) atoms. The third-order valence-corrected chi connectivity index (χ3v) is 2.17. The predicted octanol–water partition coefficient (Wildman–Crippen LogP) is 1.85. The van der Waals surface area contributed by atoms with Crippen molar-refractivity contribution in [2.24, 2.45) is 0 Å². The average Bonchev–Trinajstić information content (AvgIpc) is 2.20. The normalized spacial score (nSPS) is 9.80. The summed E-state index contributed by atoms with van der Waals surface area (Å²) in [5.41, 5.74) is 1.09. The smallest absolute Gasteiger partial charge is 0.225 e. The van der Waals surface area contributed by atoms with Gasteiger partial charge in [-0.25, -0.2) is 0 Å². The number of hydrogen-bond donors (Lipinski definition) is 0. The van der Waals surface area contributed by atoms with Crippen LogP contribution < -0.4 is 4.74 Å². The van der Waals surface area contributed by atoms with E-state index in [1.54, 1.807) is 19.0 Å². The maximum Gasteiger partial charge on any atom is 0.225 e. The lowest BCUT2D eigenvalue weighted by atomic mass is 10.2. The summed E-state index contributed by atoms with van der Waals surface area (Å²) in [6, 6.07) is 7.79. The van der Waals surface area contributed by atoms with Crippen molar-refractivity contribution >= 4 is 5.91 Å². The molecule has 0 N–H and O–H groups in total. The maximum absolute atomic E-state index is 11.3. The minimum Gasteiger partial charge on any atom is -0.493 e. The Balaban J connectivity index is 2.38. The van der Waals surface area contributed by atoms with Crippen LogP contribution in [0.15, 0.2) is 24.3 Å². The van der Waals surface area contributed by atoms with Crippen LogP contribution in [-0.2, 0) is 4.79 Å².